The minimum atomic E-state index is -1.73. The molecule has 0 amide bonds. The Kier molecular flexibility index (Phi) is 4.28. The molecule has 1 nitrogen and oxygen atoms in total. The number of hydrogen-bond acceptors (Lipinski definition) is 1. The van der Waals surface area contributed by atoms with Gasteiger partial charge in [0.1, 0.15) is 0 Å². The van der Waals surface area contributed by atoms with Crippen LogP contribution in [-0.4, -0.2) is 19.5 Å². The van der Waals surface area contributed by atoms with Gasteiger partial charge in [-0.25, -0.2) is 0 Å². The van der Waals surface area contributed by atoms with Gasteiger partial charge in [-0.1, -0.05) is 20.3 Å². The van der Waals surface area contributed by atoms with E-state index < -0.39 is 7.14 Å². The fourth-order valence-electron chi connectivity index (χ4n) is 0.735. The van der Waals surface area contributed by atoms with Gasteiger partial charge < -0.3 is 4.57 Å². The van der Waals surface area contributed by atoms with Crippen molar-refractivity contribution >= 4 is 7.14 Å². The van der Waals surface area contributed by atoms with E-state index in [0.717, 1.165) is 18.5 Å². The van der Waals surface area contributed by atoms with Crippen LogP contribution in [0.1, 0.15) is 26.7 Å². The highest BCUT2D eigenvalue weighted by molar-refractivity contribution is 7.62. The van der Waals surface area contributed by atoms with Gasteiger partial charge in [0.2, 0.25) is 0 Å². The van der Waals surface area contributed by atoms with E-state index in [1.165, 1.54) is 6.42 Å². The molecule has 0 spiro atoms. The number of hydrogen-bond donors (Lipinski definition) is 0. The zero-order valence-electron chi connectivity index (χ0n) is 7.55. The van der Waals surface area contributed by atoms with Gasteiger partial charge >= 0.3 is 0 Å². The fraction of sp³-hybridized carbons (Fsp3) is 1.00. The first kappa shape index (κ1) is 10.2. The highest BCUT2D eigenvalue weighted by atomic mass is 31.2. The summed E-state index contributed by atoms with van der Waals surface area (Å²) in [5, 5.41) is 0. The third-order valence-electron chi connectivity index (χ3n) is 1.86. The van der Waals surface area contributed by atoms with Gasteiger partial charge in [-0.15, -0.1) is 0 Å². The summed E-state index contributed by atoms with van der Waals surface area (Å²) in [6, 6.07) is 0. The van der Waals surface area contributed by atoms with Gasteiger partial charge in [-0.2, -0.15) is 0 Å². The standard InChI is InChI=1S/C8H19OP/c1-5-8(2)6-7-10(3,4)9/h8H,5-7H2,1-4H3. The Morgan fingerprint density at radius 2 is 1.90 bits per heavy atom. The average Bonchev–Trinajstić information content (AvgIpc) is 1.81. The Bertz CT molecular complexity index is 125. The van der Waals surface area contributed by atoms with Gasteiger partial charge in [0.25, 0.3) is 0 Å². The molecular formula is C8H19OP. The molecule has 62 valence electrons. The van der Waals surface area contributed by atoms with Gasteiger partial charge in [-0.05, 0) is 25.7 Å². The summed E-state index contributed by atoms with van der Waals surface area (Å²) >= 11 is 0. The Balaban J connectivity index is 3.46. The van der Waals surface area contributed by atoms with E-state index in [1.54, 1.807) is 0 Å². The van der Waals surface area contributed by atoms with Crippen molar-refractivity contribution in [1.29, 1.82) is 0 Å². The zero-order valence-corrected chi connectivity index (χ0v) is 8.45. The molecule has 0 rings (SSSR count). The maximum absolute atomic E-state index is 11.2. The van der Waals surface area contributed by atoms with Crippen LogP contribution in [0.5, 0.6) is 0 Å². The second-order valence-electron chi connectivity index (χ2n) is 3.60. The molecule has 0 aliphatic heterocycles. The maximum atomic E-state index is 11.2. The van der Waals surface area contributed by atoms with E-state index >= 15 is 0 Å². The summed E-state index contributed by atoms with van der Waals surface area (Å²) in [5.74, 6) is 0.744. The van der Waals surface area contributed by atoms with Crippen molar-refractivity contribution in [2.24, 2.45) is 5.92 Å². The minimum absolute atomic E-state index is 0.744. The van der Waals surface area contributed by atoms with Crippen molar-refractivity contribution in [3.8, 4) is 0 Å². The summed E-state index contributed by atoms with van der Waals surface area (Å²) in [6.07, 6.45) is 3.25. The van der Waals surface area contributed by atoms with Crippen LogP contribution < -0.4 is 0 Å². The number of rotatable bonds is 4. The summed E-state index contributed by atoms with van der Waals surface area (Å²) in [7, 11) is -1.73. The molecule has 0 fully saturated rings. The van der Waals surface area contributed by atoms with Crippen molar-refractivity contribution < 1.29 is 4.57 Å². The second kappa shape index (κ2) is 4.18. The van der Waals surface area contributed by atoms with Crippen molar-refractivity contribution in [1.82, 2.24) is 0 Å². The van der Waals surface area contributed by atoms with Crippen molar-refractivity contribution in [2.75, 3.05) is 19.5 Å². The minimum Gasteiger partial charge on any atom is -0.324 e. The van der Waals surface area contributed by atoms with Crippen LogP contribution in [-0.2, 0) is 4.57 Å². The first-order valence-corrected chi connectivity index (χ1v) is 6.78. The molecule has 1 atom stereocenters. The zero-order chi connectivity index (χ0) is 8.20. The van der Waals surface area contributed by atoms with Crippen LogP contribution in [0.2, 0.25) is 0 Å². The third-order valence-corrected chi connectivity index (χ3v) is 3.19. The molecule has 1 unspecified atom stereocenters. The normalized spacial score (nSPS) is 15.2. The molecule has 2 heteroatoms. The Labute approximate surface area is 64.6 Å². The smallest absolute Gasteiger partial charge is 0.0819 e. The van der Waals surface area contributed by atoms with Crippen LogP contribution in [0.3, 0.4) is 0 Å². The van der Waals surface area contributed by atoms with Crippen LogP contribution >= 0.6 is 7.14 Å². The van der Waals surface area contributed by atoms with Crippen LogP contribution in [0, 0.1) is 5.92 Å². The molecule has 0 aromatic heterocycles. The van der Waals surface area contributed by atoms with Crippen LogP contribution in [0.15, 0.2) is 0 Å². The lowest BCUT2D eigenvalue weighted by Crippen LogP contribution is -1.96. The lowest BCUT2D eigenvalue weighted by molar-refractivity contribution is 0.533. The third kappa shape index (κ3) is 6.35. The molecular weight excluding hydrogens is 143 g/mol. The molecule has 0 aromatic carbocycles. The first-order chi connectivity index (χ1) is 4.45. The van der Waals surface area contributed by atoms with Gasteiger partial charge in [0, 0.05) is 6.16 Å². The van der Waals surface area contributed by atoms with Crippen LogP contribution in [0.4, 0.5) is 0 Å². The quantitative estimate of drug-likeness (QED) is 0.580. The molecule has 10 heavy (non-hydrogen) atoms. The predicted octanol–water partition coefficient (Wildman–Crippen LogP) is 3.05. The summed E-state index contributed by atoms with van der Waals surface area (Å²) < 4.78 is 11.2. The van der Waals surface area contributed by atoms with E-state index in [2.05, 4.69) is 13.8 Å². The summed E-state index contributed by atoms with van der Waals surface area (Å²) in [6.45, 7) is 8.14. The highest BCUT2D eigenvalue weighted by Gasteiger charge is 2.08. The Hall–Kier alpha value is 0.230. The molecule has 0 aliphatic rings. The molecule has 0 saturated heterocycles. The van der Waals surface area contributed by atoms with E-state index in [0.29, 0.717) is 0 Å². The summed E-state index contributed by atoms with van der Waals surface area (Å²) in [5.41, 5.74) is 0. The Morgan fingerprint density at radius 1 is 1.40 bits per heavy atom. The van der Waals surface area contributed by atoms with Gasteiger partial charge in [-0.3, -0.25) is 0 Å². The lowest BCUT2D eigenvalue weighted by atomic mass is 10.1. The molecule has 0 heterocycles. The van der Waals surface area contributed by atoms with Gasteiger partial charge in [0.15, 0.2) is 0 Å². The summed E-state index contributed by atoms with van der Waals surface area (Å²) in [4.78, 5) is 0. The van der Waals surface area contributed by atoms with Crippen molar-refractivity contribution in [2.45, 2.75) is 26.7 Å². The van der Waals surface area contributed by atoms with Crippen molar-refractivity contribution in [3.63, 3.8) is 0 Å². The first-order valence-electron chi connectivity index (χ1n) is 3.99. The molecule has 0 aromatic rings. The van der Waals surface area contributed by atoms with Gasteiger partial charge in [0.05, 0.1) is 7.14 Å². The highest BCUT2D eigenvalue weighted by Crippen LogP contribution is 2.37. The Morgan fingerprint density at radius 3 is 2.20 bits per heavy atom. The molecule has 0 radical (unpaired) electrons. The molecule has 0 saturated carbocycles. The maximum Gasteiger partial charge on any atom is 0.0819 e. The SMILES string of the molecule is CCC(C)CCP(C)(C)=O. The monoisotopic (exact) mass is 162 g/mol. The topological polar surface area (TPSA) is 17.1 Å². The van der Waals surface area contributed by atoms with Crippen molar-refractivity contribution in [3.05, 3.63) is 0 Å². The van der Waals surface area contributed by atoms with E-state index in [1.807, 2.05) is 13.3 Å². The largest absolute Gasteiger partial charge is 0.324 e. The fourth-order valence-corrected chi connectivity index (χ4v) is 1.80. The lowest BCUT2D eigenvalue weighted by Gasteiger charge is -2.10. The molecule has 0 aliphatic carbocycles. The predicted molar refractivity (Wildman–Crippen MR) is 48.4 cm³/mol. The van der Waals surface area contributed by atoms with E-state index in [-0.39, 0.29) is 0 Å². The molecule has 0 N–H and O–H groups in total. The van der Waals surface area contributed by atoms with Crippen LogP contribution in [0.25, 0.3) is 0 Å². The average molecular weight is 162 g/mol. The van der Waals surface area contributed by atoms with E-state index in [4.69, 9.17) is 0 Å². The second-order valence-corrected chi connectivity index (χ2v) is 7.19. The molecule has 0 bridgehead atoms. The van der Waals surface area contributed by atoms with E-state index in [9.17, 15) is 4.57 Å².